The van der Waals surface area contributed by atoms with E-state index in [1.807, 2.05) is 45.0 Å². The number of benzene rings is 2. The molecule has 1 N–H and O–H groups in total. The van der Waals surface area contributed by atoms with Crippen LogP contribution < -0.4 is 4.74 Å². The highest BCUT2D eigenvalue weighted by Gasteiger charge is 2.12. The van der Waals surface area contributed by atoms with Crippen LogP contribution in [0.4, 0.5) is 0 Å². The van der Waals surface area contributed by atoms with Crippen LogP contribution in [0.2, 0.25) is 0 Å². The van der Waals surface area contributed by atoms with Crippen molar-refractivity contribution in [3.05, 3.63) is 64.9 Å². The Morgan fingerprint density at radius 1 is 1.13 bits per heavy atom. The number of hydrogen-bond acceptors (Lipinski definition) is 5. The van der Waals surface area contributed by atoms with Gasteiger partial charge in [-0.2, -0.15) is 0 Å². The Hall–Kier alpha value is -2.79. The summed E-state index contributed by atoms with van der Waals surface area (Å²) in [5.41, 5.74) is 4.19. The second-order valence-electron chi connectivity index (χ2n) is 6.46. The van der Waals surface area contributed by atoms with E-state index in [0.717, 1.165) is 34.3 Å². The van der Waals surface area contributed by atoms with Gasteiger partial charge in [0.2, 0.25) is 0 Å². The zero-order valence-corrected chi connectivity index (χ0v) is 18.9. The third kappa shape index (κ3) is 7.23. The van der Waals surface area contributed by atoms with Gasteiger partial charge in [0, 0.05) is 5.39 Å². The highest BCUT2D eigenvalue weighted by molar-refractivity contribution is 5.82. The molecule has 0 saturated carbocycles. The molecule has 1 atom stereocenters. The van der Waals surface area contributed by atoms with Gasteiger partial charge in [-0.25, -0.2) is 0 Å². The SMILES string of the molecule is CC.CCOC=O.CCc1ccccc1OCc1cc(C)c2oc(C(C)O)cc2c1. The van der Waals surface area contributed by atoms with Crippen LogP contribution in [-0.4, -0.2) is 18.2 Å². The average Bonchev–Trinajstić information content (AvgIpc) is 3.20. The smallest absolute Gasteiger partial charge is 0.293 e. The second kappa shape index (κ2) is 13.4. The van der Waals surface area contributed by atoms with Crippen molar-refractivity contribution in [2.45, 2.75) is 60.7 Å². The van der Waals surface area contributed by atoms with Gasteiger partial charge in [-0.1, -0.05) is 39.0 Å². The van der Waals surface area contributed by atoms with Gasteiger partial charge in [0.15, 0.2) is 0 Å². The molecule has 0 aliphatic carbocycles. The Morgan fingerprint density at radius 3 is 2.40 bits per heavy atom. The van der Waals surface area contributed by atoms with Gasteiger partial charge >= 0.3 is 0 Å². The van der Waals surface area contributed by atoms with Crippen molar-refractivity contribution in [2.24, 2.45) is 0 Å². The molecule has 1 heterocycles. The predicted molar refractivity (Wildman–Crippen MR) is 121 cm³/mol. The van der Waals surface area contributed by atoms with Gasteiger partial charge in [0.05, 0.1) is 6.61 Å². The zero-order chi connectivity index (χ0) is 22.5. The molecule has 0 aliphatic heterocycles. The maximum absolute atomic E-state index is 9.68. The number of carbonyl (C=O) groups is 1. The Morgan fingerprint density at radius 2 is 1.83 bits per heavy atom. The first-order valence-electron chi connectivity index (χ1n) is 10.5. The standard InChI is InChI=1S/C20H22O3.C3H6O2.C2H6/c1-4-16-7-5-6-8-18(16)22-12-15-9-13(2)20-17(10-15)11-19(23-20)14(3)21;1-2-5-3-4;1-2/h5-11,14,21H,4,12H2,1-3H3;3H,2H2,1H3;1-2H3. The molecule has 0 saturated heterocycles. The predicted octanol–water partition coefficient (Wildman–Crippen LogP) is 6.14. The molecule has 164 valence electrons. The van der Waals surface area contributed by atoms with Gasteiger partial charge in [-0.05, 0) is 68.1 Å². The molecule has 0 aliphatic rings. The summed E-state index contributed by atoms with van der Waals surface area (Å²) >= 11 is 0. The van der Waals surface area contributed by atoms with Crippen molar-refractivity contribution in [1.29, 1.82) is 0 Å². The highest BCUT2D eigenvalue weighted by Crippen LogP contribution is 2.28. The Bertz CT molecular complexity index is 896. The first-order chi connectivity index (χ1) is 14.5. The van der Waals surface area contributed by atoms with E-state index in [-0.39, 0.29) is 0 Å². The highest BCUT2D eigenvalue weighted by atomic mass is 16.5. The summed E-state index contributed by atoms with van der Waals surface area (Å²) in [5, 5.41) is 10.7. The van der Waals surface area contributed by atoms with E-state index in [0.29, 0.717) is 25.4 Å². The lowest BCUT2D eigenvalue weighted by Gasteiger charge is -2.11. The molecule has 3 rings (SSSR count). The molecule has 1 aromatic heterocycles. The van der Waals surface area contributed by atoms with Crippen molar-refractivity contribution in [3.8, 4) is 5.75 Å². The lowest BCUT2D eigenvalue weighted by molar-refractivity contribution is -0.128. The van der Waals surface area contributed by atoms with E-state index in [1.165, 1.54) is 5.56 Å². The number of ether oxygens (including phenoxy) is 2. The second-order valence-corrected chi connectivity index (χ2v) is 6.46. The normalized spacial score (nSPS) is 10.9. The molecule has 5 heteroatoms. The van der Waals surface area contributed by atoms with E-state index >= 15 is 0 Å². The first kappa shape index (κ1) is 25.2. The van der Waals surface area contributed by atoms with Gasteiger partial charge in [-0.15, -0.1) is 0 Å². The van der Waals surface area contributed by atoms with E-state index in [9.17, 15) is 9.90 Å². The van der Waals surface area contributed by atoms with Crippen LogP contribution in [0.3, 0.4) is 0 Å². The number of furan rings is 1. The third-order valence-electron chi connectivity index (χ3n) is 4.28. The number of hydrogen-bond donors (Lipinski definition) is 1. The van der Waals surface area contributed by atoms with Crippen molar-refractivity contribution in [1.82, 2.24) is 0 Å². The minimum atomic E-state index is -0.599. The number of fused-ring (bicyclic) bond motifs is 1. The summed E-state index contributed by atoms with van der Waals surface area (Å²) < 4.78 is 15.9. The van der Waals surface area contributed by atoms with Gasteiger partial charge in [0.25, 0.3) is 6.47 Å². The van der Waals surface area contributed by atoms with Crippen LogP contribution in [0, 0.1) is 6.92 Å². The maximum Gasteiger partial charge on any atom is 0.293 e. The molecule has 3 aromatic rings. The summed E-state index contributed by atoms with van der Waals surface area (Å²) in [6.45, 7) is 13.0. The number of carbonyl (C=O) groups excluding carboxylic acids is 1. The Labute approximate surface area is 179 Å². The number of aliphatic hydroxyl groups excluding tert-OH is 1. The maximum atomic E-state index is 9.68. The van der Waals surface area contributed by atoms with Crippen LogP contribution in [0.5, 0.6) is 5.75 Å². The van der Waals surface area contributed by atoms with Crippen LogP contribution in [0.25, 0.3) is 11.0 Å². The molecule has 0 bridgehead atoms. The van der Waals surface area contributed by atoms with Crippen molar-refractivity contribution >= 4 is 17.4 Å². The van der Waals surface area contributed by atoms with Crippen molar-refractivity contribution in [3.63, 3.8) is 0 Å². The lowest BCUT2D eigenvalue weighted by Crippen LogP contribution is -1.98. The van der Waals surface area contributed by atoms with Gasteiger partial charge in [-0.3, -0.25) is 4.79 Å². The molecule has 0 spiro atoms. The molecule has 0 fully saturated rings. The Kier molecular flexibility index (Phi) is 11.3. The van der Waals surface area contributed by atoms with Crippen molar-refractivity contribution < 1.29 is 23.8 Å². The number of aliphatic hydroxyl groups is 1. The van der Waals surface area contributed by atoms with E-state index in [1.54, 1.807) is 13.8 Å². The third-order valence-corrected chi connectivity index (χ3v) is 4.28. The number of aryl methyl sites for hydroxylation is 2. The van der Waals surface area contributed by atoms with Gasteiger partial charge < -0.3 is 19.0 Å². The molecule has 2 aromatic carbocycles. The first-order valence-corrected chi connectivity index (χ1v) is 10.5. The van der Waals surface area contributed by atoms with E-state index in [2.05, 4.69) is 29.9 Å². The molecule has 0 radical (unpaired) electrons. The Balaban J connectivity index is 0.000000565. The minimum absolute atomic E-state index is 0.431. The van der Waals surface area contributed by atoms with Gasteiger partial charge in [0.1, 0.15) is 29.8 Å². The van der Waals surface area contributed by atoms with Crippen LogP contribution in [-0.2, 0) is 22.6 Å². The average molecular weight is 415 g/mol. The monoisotopic (exact) mass is 414 g/mol. The molecular formula is C25H34O5. The quantitative estimate of drug-likeness (QED) is 0.470. The fourth-order valence-corrected chi connectivity index (χ4v) is 2.88. The topological polar surface area (TPSA) is 68.9 Å². The summed E-state index contributed by atoms with van der Waals surface area (Å²) in [7, 11) is 0. The molecule has 5 nitrogen and oxygen atoms in total. The van der Waals surface area contributed by atoms with E-state index < -0.39 is 6.10 Å². The fourth-order valence-electron chi connectivity index (χ4n) is 2.88. The van der Waals surface area contributed by atoms with E-state index in [4.69, 9.17) is 9.15 Å². The summed E-state index contributed by atoms with van der Waals surface area (Å²) in [4.78, 5) is 9.18. The fraction of sp³-hybridized carbons (Fsp3) is 0.400. The number of para-hydroxylation sites is 1. The zero-order valence-electron chi connectivity index (χ0n) is 18.9. The summed E-state index contributed by atoms with van der Waals surface area (Å²) in [6.07, 6.45) is 0.353. The van der Waals surface area contributed by atoms with Crippen LogP contribution in [0.15, 0.2) is 46.9 Å². The lowest BCUT2D eigenvalue weighted by atomic mass is 10.1. The minimum Gasteiger partial charge on any atom is -0.489 e. The van der Waals surface area contributed by atoms with Crippen LogP contribution in [0.1, 0.15) is 63.2 Å². The number of rotatable bonds is 7. The molecule has 1 unspecified atom stereocenters. The molecular weight excluding hydrogens is 380 g/mol. The summed E-state index contributed by atoms with van der Waals surface area (Å²) in [5.74, 6) is 1.53. The molecule has 30 heavy (non-hydrogen) atoms. The van der Waals surface area contributed by atoms with Crippen molar-refractivity contribution in [2.75, 3.05) is 6.61 Å². The largest absolute Gasteiger partial charge is 0.489 e. The molecule has 0 amide bonds. The summed E-state index contributed by atoms with van der Waals surface area (Å²) in [6, 6.07) is 14.2. The van der Waals surface area contributed by atoms with Crippen LogP contribution >= 0.6 is 0 Å².